The lowest BCUT2D eigenvalue weighted by Crippen LogP contribution is -2.33. The minimum atomic E-state index is -0.0117. The van der Waals surface area contributed by atoms with Crippen LogP contribution >= 0.6 is 0 Å². The van der Waals surface area contributed by atoms with E-state index in [9.17, 15) is 4.79 Å². The van der Waals surface area contributed by atoms with Crippen LogP contribution < -0.4 is 5.73 Å². The fourth-order valence-corrected chi connectivity index (χ4v) is 1.01. The van der Waals surface area contributed by atoms with Gasteiger partial charge in [-0.05, 0) is 13.0 Å². The predicted molar refractivity (Wildman–Crippen MR) is 52.2 cm³/mol. The Morgan fingerprint density at radius 3 is 2.77 bits per heavy atom. The zero-order valence-corrected chi connectivity index (χ0v) is 7.91. The first kappa shape index (κ1) is 12.1. The highest BCUT2D eigenvalue weighted by atomic mass is 16.3. The number of aliphatic hydroxyl groups is 1. The molecule has 0 radical (unpaired) electrons. The Hall–Kier alpha value is -0.870. The lowest BCUT2D eigenvalue weighted by Gasteiger charge is -2.19. The first-order valence-corrected chi connectivity index (χ1v) is 4.45. The maximum atomic E-state index is 11.4. The molecule has 0 aromatic heterocycles. The molecule has 4 heteroatoms. The van der Waals surface area contributed by atoms with E-state index in [1.54, 1.807) is 11.0 Å². The van der Waals surface area contributed by atoms with Crippen molar-refractivity contribution in [3.8, 4) is 0 Å². The van der Waals surface area contributed by atoms with Gasteiger partial charge in [0.25, 0.3) is 0 Å². The summed E-state index contributed by atoms with van der Waals surface area (Å²) in [6, 6.07) is 0. The van der Waals surface area contributed by atoms with E-state index >= 15 is 0 Å². The van der Waals surface area contributed by atoms with Gasteiger partial charge < -0.3 is 15.7 Å². The molecule has 13 heavy (non-hydrogen) atoms. The number of rotatable bonds is 7. The van der Waals surface area contributed by atoms with Crippen LogP contribution in [-0.2, 0) is 4.79 Å². The fraction of sp³-hybridized carbons (Fsp3) is 0.667. The summed E-state index contributed by atoms with van der Waals surface area (Å²) in [5.41, 5.74) is 5.28. The topological polar surface area (TPSA) is 66.6 Å². The molecule has 0 fully saturated rings. The Morgan fingerprint density at radius 1 is 1.62 bits per heavy atom. The van der Waals surface area contributed by atoms with Crippen molar-refractivity contribution in [3.63, 3.8) is 0 Å². The maximum absolute atomic E-state index is 11.4. The average molecular weight is 186 g/mol. The quantitative estimate of drug-likeness (QED) is 0.538. The number of carbonyl (C=O) groups is 1. The van der Waals surface area contributed by atoms with Crippen LogP contribution in [0.1, 0.15) is 12.8 Å². The van der Waals surface area contributed by atoms with E-state index < -0.39 is 0 Å². The average Bonchev–Trinajstić information content (AvgIpc) is 2.14. The van der Waals surface area contributed by atoms with Crippen LogP contribution in [0.2, 0.25) is 0 Å². The normalized spacial score (nSPS) is 9.69. The summed E-state index contributed by atoms with van der Waals surface area (Å²) < 4.78 is 0. The van der Waals surface area contributed by atoms with Crippen LogP contribution in [0, 0.1) is 0 Å². The van der Waals surface area contributed by atoms with Crippen molar-refractivity contribution >= 4 is 5.91 Å². The first-order chi connectivity index (χ1) is 6.26. The van der Waals surface area contributed by atoms with Crippen molar-refractivity contribution in [1.82, 2.24) is 4.90 Å². The summed E-state index contributed by atoms with van der Waals surface area (Å²) in [4.78, 5) is 13.0. The molecule has 0 heterocycles. The van der Waals surface area contributed by atoms with Gasteiger partial charge in [0.15, 0.2) is 0 Å². The fourth-order valence-electron chi connectivity index (χ4n) is 1.01. The van der Waals surface area contributed by atoms with E-state index in [2.05, 4.69) is 6.58 Å². The number of hydrogen-bond acceptors (Lipinski definition) is 3. The van der Waals surface area contributed by atoms with E-state index in [1.165, 1.54) is 0 Å². The minimum absolute atomic E-state index is 0.0117. The molecular formula is C9H18N2O2. The molecule has 0 spiro atoms. The Bertz CT molecular complexity index is 160. The van der Waals surface area contributed by atoms with E-state index in [0.29, 0.717) is 32.5 Å². The number of carbonyl (C=O) groups excluding carboxylic acids is 1. The van der Waals surface area contributed by atoms with Gasteiger partial charge in [-0.25, -0.2) is 0 Å². The third kappa shape index (κ3) is 5.38. The van der Waals surface area contributed by atoms with Gasteiger partial charge in [0.1, 0.15) is 0 Å². The molecule has 0 saturated heterocycles. The second-order valence-corrected chi connectivity index (χ2v) is 2.74. The third-order valence-corrected chi connectivity index (χ3v) is 1.67. The molecule has 0 aromatic rings. The second kappa shape index (κ2) is 7.76. The lowest BCUT2D eigenvalue weighted by atomic mass is 10.2. The standard InChI is InChI=1S/C9H18N2O2/c1-2-6-11(7-8-12)9(13)4-3-5-10/h2,12H,1,3-8,10H2. The molecule has 1 amide bonds. The van der Waals surface area contributed by atoms with Crippen LogP contribution in [0.25, 0.3) is 0 Å². The van der Waals surface area contributed by atoms with Crippen molar-refractivity contribution < 1.29 is 9.90 Å². The highest BCUT2D eigenvalue weighted by molar-refractivity contribution is 5.76. The second-order valence-electron chi connectivity index (χ2n) is 2.74. The number of nitrogens with two attached hydrogens (primary N) is 1. The smallest absolute Gasteiger partial charge is 0.222 e. The Labute approximate surface area is 79.0 Å². The number of aliphatic hydroxyl groups excluding tert-OH is 1. The zero-order chi connectivity index (χ0) is 10.1. The molecule has 0 unspecified atom stereocenters. The molecule has 76 valence electrons. The van der Waals surface area contributed by atoms with Crippen molar-refractivity contribution in [3.05, 3.63) is 12.7 Å². The van der Waals surface area contributed by atoms with E-state index in [0.717, 1.165) is 0 Å². The van der Waals surface area contributed by atoms with Gasteiger partial charge in [-0.1, -0.05) is 6.08 Å². The summed E-state index contributed by atoms with van der Waals surface area (Å²) in [5, 5.41) is 8.68. The number of nitrogens with zero attached hydrogens (tertiary/aromatic N) is 1. The van der Waals surface area contributed by atoms with E-state index in [4.69, 9.17) is 10.8 Å². The van der Waals surface area contributed by atoms with Gasteiger partial charge in [0.2, 0.25) is 5.91 Å². The monoisotopic (exact) mass is 186 g/mol. The molecule has 0 aliphatic carbocycles. The van der Waals surface area contributed by atoms with Crippen LogP contribution in [0.15, 0.2) is 12.7 Å². The molecule has 0 aliphatic heterocycles. The summed E-state index contributed by atoms with van der Waals surface area (Å²) in [5.74, 6) is 0.0272. The van der Waals surface area contributed by atoms with Gasteiger partial charge in [-0.15, -0.1) is 6.58 Å². The Balaban J connectivity index is 3.87. The molecule has 4 nitrogen and oxygen atoms in total. The van der Waals surface area contributed by atoms with Crippen LogP contribution in [0.5, 0.6) is 0 Å². The van der Waals surface area contributed by atoms with Gasteiger partial charge in [0, 0.05) is 19.5 Å². The van der Waals surface area contributed by atoms with Crippen molar-refractivity contribution in [2.24, 2.45) is 5.73 Å². The Morgan fingerprint density at radius 2 is 2.31 bits per heavy atom. The molecule has 0 aliphatic rings. The predicted octanol–water partition coefficient (Wildman–Crippen LogP) is -0.268. The maximum Gasteiger partial charge on any atom is 0.222 e. The minimum Gasteiger partial charge on any atom is -0.395 e. The van der Waals surface area contributed by atoms with Gasteiger partial charge in [0.05, 0.1) is 6.61 Å². The molecule has 0 aromatic carbocycles. The van der Waals surface area contributed by atoms with Gasteiger partial charge in [-0.3, -0.25) is 4.79 Å². The van der Waals surface area contributed by atoms with Crippen LogP contribution in [0.4, 0.5) is 0 Å². The SMILES string of the molecule is C=CCN(CCO)C(=O)CCCN. The molecular weight excluding hydrogens is 168 g/mol. The highest BCUT2D eigenvalue weighted by Gasteiger charge is 2.09. The summed E-state index contributed by atoms with van der Waals surface area (Å²) >= 11 is 0. The highest BCUT2D eigenvalue weighted by Crippen LogP contribution is 1.96. The summed E-state index contributed by atoms with van der Waals surface area (Å²) in [6.45, 7) is 4.91. The van der Waals surface area contributed by atoms with Crippen LogP contribution in [-0.4, -0.2) is 42.2 Å². The lowest BCUT2D eigenvalue weighted by molar-refractivity contribution is -0.131. The number of amides is 1. The van der Waals surface area contributed by atoms with Crippen molar-refractivity contribution in [2.45, 2.75) is 12.8 Å². The molecule has 0 atom stereocenters. The molecule has 0 rings (SSSR count). The molecule has 0 saturated carbocycles. The number of hydrogen-bond donors (Lipinski definition) is 2. The molecule has 0 bridgehead atoms. The van der Waals surface area contributed by atoms with Crippen molar-refractivity contribution in [2.75, 3.05) is 26.2 Å². The third-order valence-electron chi connectivity index (χ3n) is 1.67. The first-order valence-electron chi connectivity index (χ1n) is 4.45. The molecule has 3 N–H and O–H groups in total. The van der Waals surface area contributed by atoms with E-state index in [-0.39, 0.29) is 12.5 Å². The van der Waals surface area contributed by atoms with Gasteiger partial charge >= 0.3 is 0 Å². The Kier molecular flexibility index (Phi) is 7.24. The largest absolute Gasteiger partial charge is 0.395 e. The van der Waals surface area contributed by atoms with Crippen LogP contribution in [0.3, 0.4) is 0 Å². The summed E-state index contributed by atoms with van der Waals surface area (Å²) in [6.07, 6.45) is 2.79. The van der Waals surface area contributed by atoms with Crippen molar-refractivity contribution in [1.29, 1.82) is 0 Å². The van der Waals surface area contributed by atoms with E-state index in [1.807, 2.05) is 0 Å². The summed E-state index contributed by atoms with van der Waals surface area (Å²) in [7, 11) is 0. The van der Waals surface area contributed by atoms with Gasteiger partial charge in [-0.2, -0.15) is 0 Å². The zero-order valence-electron chi connectivity index (χ0n) is 7.91.